The molecule has 0 saturated heterocycles. The van der Waals surface area contributed by atoms with Crippen molar-refractivity contribution in [2.75, 3.05) is 39.6 Å². The molecule has 0 aromatic carbocycles. The molecule has 0 aliphatic heterocycles. The molecule has 7 atom stereocenters. The molecule has 0 saturated carbocycles. The van der Waals surface area contributed by atoms with E-state index in [1.165, 1.54) is 148 Å². The Morgan fingerprint density at radius 1 is 0.311 bits per heavy atom. The molecule has 0 aromatic heterocycles. The SMILES string of the molecule is CCC(C)CCCCCCCCCCCCC(=O)O[C@H](COC(=O)CCCCCCCCCCCC(C)C)COP(=O)(O)OC[C@@H](O)COP(=O)(O)OC[C@@H](COC(=O)CCCCCCCCC(C)CC)OC(=O)CCCCCCCCCCCCCC(C)C. The Morgan fingerprint density at radius 3 is 0.789 bits per heavy atom. The fraction of sp³-hybridized carbons (Fsp3) is 0.944. The van der Waals surface area contributed by atoms with Gasteiger partial charge in [-0.25, -0.2) is 9.13 Å². The van der Waals surface area contributed by atoms with E-state index in [1.807, 2.05) is 0 Å². The van der Waals surface area contributed by atoms with Crippen LogP contribution in [0.4, 0.5) is 0 Å². The predicted molar refractivity (Wildman–Crippen MR) is 363 cm³/mol. The summed E-state index contributed by atoms with van der Waals surface area (Å²) in [6, 6.07) is 0. The Morgan fingerprint density at radius 2 is 0.533 bits per heavy atom. The van der Waals surface area contributed by atoms with Crippen molar-refractivity contribution >= 4 is 39.5 Å². The lowest BCUT2D eigenvalue weighted by atomic mass is 9.99. The van der Waals surface area contributed by atoms with E-state index in [0.717, 1.165) is 120 Å². The van der Waals surface area contributed by atoms with Gasteiger partial charge in [0.2, 0.25) is 0 Å². The van der Waals surface area contributed by atoms with Gasteiger partial charge >= 0.3 is 39.5 Å². The summed E-state index contributed by atoms with van der Waals surface area (Å²) in [6.07, 6.45) is 43.0. The fourth-order valence-electron chi connectivity index (χ4n) is 10.6. The van der Waals surface area contributed by atoms with Gasteiger partial charge < -0.3 is 33.8 Å². The monoisotopic (exact) mass is 1320 g/mol. The van der Waals surface area contributed by atoms with Gasteiger partial charge in [-0.05, 0) is 49.4 Å². The van der Waals surface area contributed by atoms with Gasteiger partial charge in [0.1, 0.15) is 19.3 Å². The molecule has 0 rings (SSSR count). The van der Waals surface area contributed by atoms with Crippen LogP contribution in [0.25, 0.3) is 0 Å². The van der Waals surface area contributed by atoms with Crippen molar-refractivity contribution in [3.63, 3.8) is 0 Å². The molecule has 0 amide bonds. The second-order valence-corrected chi connectivity index (χ2v) is 30.0. The van der Waals surface area contributed by atoms with Gasteiger partial charge in [0.25, 0.3) is 0 Å². The van der Waals surface area contributed by atoms with Gasteiger partial charge in [0, 0.05) is 25.7 Å². The zero-order valence-electron chi connectivity index (χ0n) is 58.8. The smallest absolute Gasteiger partial charge is 0.462 e. The van der Waals surface area contributed by atoms with Gasteiger partial charge in [0.05, 0.1) is 26.4 Å². The Kier molecular flexibility index (Phi) is 59.4. The third-order valence-corrected chi connectivity index (χ3v) is 18.9. The Hall–Kier alpha value is -1.94. The van der Waals surface area contributed by atoms with Crippen LogP contribution in [0.15, 0.2) is 0 Å². The van der Waals surface area contributed by atoms with Crippen LogP contribution >= 0.6 is 15.6 Å². The topological polar surface area (TPSA) is 237 Å². The first kappa shape index (κ1) is 88.1. The number of carbonyl (C=O) groups is 4. The number of hydrogen-bond acceptors (Lipinski definition) is 15. The van der Waals surface area contributed by atoms with E-state index in [4.69, 9.17) is 37.0 Å². The number of hydrogen-bond donors (Lipinski definition) is 3. The maximum absolute atomic E-state index is 13.0. The summed E-state index contributed by atoms with van der Waals surface area (Å²) in [5.74, 6) is 0.914. The standard InChI is InChI=1S/C71H138O17P2/c1-9-63(7)49-41-33-25-19-14-15-21-28-38-46-54-71(76)87-66(57-81-68(73)51-43-35-26-22-16-18-24-32-40-48-62(5)6)59-85-89(77,78)83-55-65(72)56-84-90(79,80)86-60-67(58-82-69(74)52-44-36-30-29-34-42-50-64(8)10-2)88-70(75)53-45-37-27-20-13-11-12-17-23-31-39-47-61(3)4/h61-67,72H,9-60H2,1-8H3,(H,77,78)(H,79,80)/t63?,64?,65-,66-,67-/m1/s1. The lowest BCUT2D eigenvalue weighted by Gasteiger charge is -2.21. The van der Waals surface area contributed by atoms with Crippen LogP contribution in [0.3, 0.4) is 0 Å². The minimum Gasteiger partial charge on any atom is -0.462 e. The highest BCUT2D eigenvalue weighted by Gasteiger charge is 2.30. The molecule has 90 heavy (non-hydrogen) atoms. The third kappa shape index (κ3) is 62.2. The summed E-state index contributed by atoms with van der Waals surface area (Å²) in [5, 5.41) is 10.6. The summed E-state index contributed by atoms with van der Waals surface area (Å²) < 4.78 is 68.3. The lowest BCUT2D eigenvalue weighted by molar-refractivity contribution is -0.161. The Balaban J connectivity index is 5.27. The van der Waals surface area contributed by atoms with E-state index in [2.05, 4.69) is 55.4 Å². The molecule has 534 valence electrons. The molecule has 0 spiro atoms. The summed E-state index contributed by atoms with van der Waals surface area (Å²) in [7, 11) is -9.91. The number of ether oxygens (including phenoxy) is 4. The molecule has 0 radical (unpaired) electrons. The molecular weight excluding hydrogens is 1190 g/mol. The molecule has 3 N–H and O–H groups in total. The molecule has 0 aliphatic rings. The summed E-state index contributed by atoms with van der Waals surface area (Å²) in [5.41, 5.74) is 0. The molecule has 0 fully saturated rings. The van der Waals surface area contributed by atoms with Crippen LogP contribution in [0.2, 0.25) is 0 Å². The molecule has 0 heterocycles. The first-order valence-electron chi connectivity index (χ1n) is 36.8. The second-order valence-electron chi connectivity index (χ2n) is 27.1. The molecule has 19 heteroatoms. The molecule has 4 unspecified atom stereocenters. The van der Waals surface area contributed by atoms with Crippen molar-refractivity contribution in [2.24, 2.45) is 23.7 Å². The second kappa shape index (κ2) is 60.7. The first-order chi connectivity index (χ1) is 43.2. The number of aliphatic hydroxyl groups is 1. The number of rotatable bonds is 68. The van der Waals surface area contributed by atoms with E-state index in [9.17, 15) is 43.2 Å². The molecule has 17 nitrogen and oxygen atoms in total. The lowest BCUT2D eigenvalue weighted by Crippen LogP contribution is -2.30. The zero-order valence-corrected chi connectivity index (χ0v) is 60.6. The largest absolute Gasteiger partial charge is 0.472 e. The quantitative estimate of drug-likeness (QED) is 0.0222. The average molecular weight is 1330 g/mol. The predicted octanol–water partition coefficient (Wildman–Crippen LogP) is 20.1. The van der Waals surface area contributed by atoms with Crippen LogP contribution in [0, 0.1) is 23.7 Å². The summed E-state index contributed by atoms with van der Waals surface area (Å²) in [4.78, 5) is 72.6. The summed E-state index contributed by atoms with van der Waals surface area (Å²) in [6.45, 7) is 14.1. The normalized spacial score (nSPS) is 14.9. The van der Waals surface area contributed by atoms with Crippen molar-refractivity contribution in [1.82, 2.24) is 0 Å². The number of aliphatic hydroxyl groups excluding tert-OH is 1. The van der Waals surface area contributed by atoms with Gasteiger partial charge in [-0.2, -0.15) is 0 Å². The van der Waals surface area contributed by atoms with E-state index < -0.39 is 97.5 Å². The van der Waals surface area contributed by atoms with Crippen molar-refractivity contribution in [3.8, 4) is 0 Å². The van der Waals surface area contributed by atoms with Gasteiger partial charge in [-0.3, -0.25) is 37.3 Å². The number of carbonyl (C=O) groups excluding carboxylic acids is 4. The maximum atomic E-state index is 13.0. The highest BCUT2D eigenvalue weighted by Crippen LogP contribution is 2.45. The molecule has 0 bridgehead atoms. The molecule has 0 aliphatic carbocycles. The Bertz CT molecular complexity index is 1790. The van der Waals surface area contributed by atoms with Crippen LogP contribution in [0.1, 0.15) is 351 Å². The number of unbranched alkanes of at least 4 members (excludes halogenated alkanes) is 32. The van der Waals surface area contributed by atoms with E-state index in [0.29, 0.717) is 25.7 Å². The number of esters is 4. The van der Waals surface area contributed by atoms with Crippen LogP contribution in [-0.4, -0.2) is 96.7 Å². The van der Waals surface area contributed by atoms with Crippen molar-refractivity contribution in [1.29, 1.82) is 0 Å². The van der Waals surface area contributed by atoms with Gasteiger partial charge in [-0.15, -0.1) is 0 Å². The number of phosphoric acid groups is 2. The van der Waals surface area contributed by atoms with Crippen molar-refractivity contribution < 1.29 is 80.2 Å². The maximum Gasteiger partial charge on any atom is 0.472 e. The molecular formula is C71H138O17P2. The minimum absolute atomic E-state index is 0.105. The Labute approximate surface area is 549 Å². The van der Waals surface area contributed by atoms with Crippen LogP contribution < -0.4 is 0 Å². The minimum atomic E-state index is -4.95. The van der Waals surface area contributed by atoms with Crippen molar-refractivity contribution in [2.45, 2.75) is 369 Å². The average Bonchev–Trinajstić information content (AvgIpc) is 3.50. The van der Waals surface area contributed by atoms with E-state index >= 15 is 0 Å². The number of phosphoric ester groups is 2. The zero-order chi connectivity index (χ0) is 66.8. The van der Waals surface area contributed by atoms with E-state index in [-0.39, 0.29) is 25.7 Å². The van der Waals surface area contributed by atoms with Crippen LogP contribution in [-0.2, 0) is 65.4 Å². The highest BCUT2D eigenvalue weighted by molar-refractivity contribution is 7.47. The van der Waals surface area contributed by atoms with Gasteiger partial charge in [0.15, 0.2) is 12.2 Å². The first-order valence-corrected chi connectivity index (χ1v) is 39.8. The highest BCUT2D eigenvalue weighted by atomic mass is 31.2. The third-order valence-electron chi connectivity index (χ3n) is 17.0. The van der Waals surface area contributed by atoms with Crippen molar-refractivity contribution in [3.05, 3.63) is 0 Å². The van der Waals surface area contributed by atoms with Crippen LogP contribution in [0.5, 0.6) is 0 Å². The summed E-state index contributed by atoms with van der Waals surface area (Å²) >= 11 is 0. The van der Waals surface area contributed by atoms with Gasteiger partial charge in [-0.1, -0.05) is 299 Å². The molecule has 0 aromatic rings. The van der Waals surface area contributed by atoms with E-state index in [1.54, 1.807) is 0 Å². The fourth-order valence-corrected chi connectivity index (χ4v) is 12.2.